The predicted molar refractivity (Wildman–Crippen MR) is 77.9 cm³/mol. The molecule has 1 aliphatic rings. The standard InChI is InChI=1S/C13H12BrFN2O4S/c14-10-6-12(11(15)5-9(10)7-16)22(20,21)17-3-1-8(2-4-17)13(18)19/h5-6,8H,1-4H2,(H,18,19). The van der Waals surface area contributed by atoms with Crippen molar-refractivity contribution in [1.29, 1.82) is 5.26 Å². The number of nitriles is 1. The van der Waals surface area contributed by atoms with Crippen LogP contribution in [-0.4, -0.2) is 36.9 Å². The normalized spacial score (nSPS) is 17.1. The van der Waals surface area contributed by atoms with E-state index >= 15 is 0 Å². The molecule has 9 heteroatoms. The van der Waals surface area contributed by atoms with Crippen molar-refractivity contribution in [1.82, 2.24) is 4.31 Å². The molecule has 1 heterocycles. The fraction of sp³-hybridized carbons (Fsp3) is 0.385. The molecule has 6 nitrogen and oxygen atoms in total. The summed E-state index contributed by atoms with van der Waals surface area (Å²) in [6.07, 6.45) is 0.376. The van der Waals surface area contributed by atoms with Gasteiger partial charge in [0.2, 0.25) is 10.0 Å². The maximum atomic E-state index is 14.0. The zero-order chi connectivity index (χ0) is 16.5. The van der Waals surface area contributed by atoms with E-state index in [1.54, 1.807) is 6.07 Å². The highest BCUT2D eigenvalue weighted by Crippen LogP contribution is 2.29. The number of benzene rings is 1. The third-order valence-corrected chi connectivity index (χ3v) is 6.13. The second-order valence-electron chi connectivity index (χ2n) is 4.89. The number of hydrogen-bond donors (Lipinski definition) is 1. The molecule has 1 saturated heterocycles. The van der Waals surface area contributed by atoms with E-state index in [-0.39, 0.29) is 36.0 Å². The zero-order valence-electron chi connectivity index (χ0n) is 11.3. The smallest absolute Gasteiger partial charge is 0.306 e. The van der Waals surface area contributed by atoms with E-state index in [1.165, 1.54) is 0 Å². The van der Waals surface area contributed by atoms with Gasteiger partial charge in [0.15, 0.2) is 0 Å². The minimum atomic E-state index is -4.06. The first-order valence-corrected chi connectivity index (χ1v) is 8.62. The lowest BCUT2D eigenvalue weighted by atomic mass is 9.99. The number of rotatable bonds is 3. The maximum absolute atomic E-state index is 14.0. The molecule has 0 bridgehead atoms. The van der Waals surface area contributed by atoms with Gasteiger partial charge in [0, 0.05) is 17.6 Å². The van der Waals surface area contributed by atoms with E-state index < -0.39 is 32.6 Å². The van der Waals surface area contributed by atoms with Crippen LogP contribution in [0.4, 0.5) is 4.39 Å². The summed E-state index contributed by atoms with van der Waals surface area (Å²) in [4.78, 5) is 10.4. The average Bonchev–Trinajstić information content (AvgIpc) is 2.49. The van der Waals surface area contributed by atoms with Crippen LogP contribution in [0, 0.1) is 23.1 Å². The van der Waals surface area contributed by atoms with Crippen molar-refractivity contribution in [3.05, 3.63) is 28.0 Å². The van der Waals surface area contributed by atoms with Crippen molar-refractivity contribution in [3.63, 3.8) is 0 Å². The number of halogens is 2. The largest absolute Gasteiger partial charge is 0.481 e. The van der Waals surface area contributed by atoms with Crippen molar-refractivity contribution in [2.45, 2.75) is 17.7 Å². The van der Waals surface area contributed by atoms with Gasteiger partial charge in [0.1, 0.15) is 16.8 Å². The summed E-state index contributed by atoms with van der Waals surface area (Å²) >= 11 is 3.04. The monoisotopic (exact) mass is 390 g/mol. The Labute approximate surface area is 135 Å². The molecule has 1 fully saturated rings. The molecule has 0 radical (unpaired) electrons. The van der Waals surface area contributed by atoms with Gasteiger partial charge in [-0.3, -0.25) is 4.79 Å². The highest BCUT2D eigenvalue weighted by Gasteiger charge is 2.33. The van der Waals surface area contributed by atoms with Crippen molar-refractivity contribution in [3.8, 4) is 6.07 Å². The molecule has 0 saturated carbocycles. The van der Waals surface area contributed by atoms with Gasteiger partial charge in [-0.25, -0.2) is 12.8 Å². The fourth-order valence-corrected chi connectivity index (χ4v) is 4.42. The van der Waals surface area contributed by atoms with Crippen LogP contribution in [0.1, 0.15) is 18.4 Å². The molecule has 0 aromatic heterocycles. The molecular formula is C13H12BrFN2O4S. The quantitative estimate of drug-likeness (QED) is 0.849. The van der Waals surface area contributed by atoms with Crippen LogP contribution in [0.2, 0.25) is 0 Å². The molecule has 1 aromatic carbocycles. The summed E-state index contributed by atoms with van der Waals surface area (Å²) in [5.41, 5.74) is 0.000959. The molecule has 2 rings (SSSR count). The number of carboxylic acid groups (broad SMARTS) is 1. The van der Waals surface area contributed by atoms with E-state index in [0.29, 0.717) is 0 Å². The topological polar surface area (TPSA) is 98.5 Å². The van der Waals surface area contributed by atoms with Gasteiger partial charge in [-0.2, -0.15) is 9.57 Å². The lowest BCUT2D eigenvalue weighted by Crippen LogP contribution is -2.40. The van der Waals surface area contributed by atoms with Crippen molar-refractivity contribution in [2.24, 2.45) is 5.92 Å². The van der Waals surface area contributed by atoms with Crippen LogP contribution in [-0.2, 0) is 14.8 Å². The zero-order valence-corrected chi connectivity index (χ0v) is 13.7. The van der Waals surface area contributed by atoms with Gasteiger partial charge >= 0.3 is 5.97 Å². The fourth-order valence-electron chi connectivity index (χ4n) is 2.29. The van der Waals surface area contributed by atoms with Crippen molar-refractivity contribution in [2.75, 3.05) is 13.1 Å². The molecule has 1 aliphatic heterocycles. The number of carbonyl (C=O) groups is 1. The van der Waals surface area contributed by atoms with E-state index in [1.807, 2.05) is 0 Å². The highest BCUT2D eigenvalue weighted by molar-refractivity contribution is 9.10. The SMILES string of the molecule is N#Cc1cc(F)c(S(=O)(=O)N2CCC(C(=O)O)CC2)cc1Br. The number of aliphatic carboxylic acids is 1. The van der Waals surface area contributed by atoms with Crippen molar-refractivity contribution >= 4 is 31.9 Å². The maximum Gasteiger partial charge on any atom is 0.306 e. The molecule has 1 N–H and O–H groups in total. The Hall–Kier alpha value is -1.50. The van der Waals surface area contributed by atoms with Crippen LogP contribution >= 0.6 is 15.9 Å². The van der Waals surface area contributed by atoms with Crippen LogP contribution in [0.3, 0.4) is 0 Å². The minimum Gasteiger partial charge on any atom is -0.481 e. The van der Waals surface area contributed by atoms with Crippen LogP contribution in [0.25, 0.3) is 0 Å². The molecule has 22 heavy (non-hydrogen) atoms. The summed E-state index contributed by atoms with van der Waals surface area (Å²) in [5, 5.41) is 17.7. The number of carboxylic acids is 1. The third kappa shape index (κ3) is 3.14. The van der Waals surface area contributed by atoms with E-state index in [0.717, 1.165) is 16.4 Å². The van der Waals surface area contributed by atoms with Gasteiger partial charge in [0.25, 0.3) is 0 Å². The lowest BCUT2D eigenvalue weighted by Gasteiger charge is -2.29. The third-order valence-electron chi connectivity index (χ3n) is 3.56. The number of nitrogens with zero attached hydrogens (tertiary/aromatic N) is 2. The van der Waals surface area contributed by atoms with E-state index in [4.69, 9.17) is 10.4 Å². The summed E-state index contributed by atoms with van der Waals surface area (Å²) in [6, 6.07) is 3.68. The lowest BCUT2D eigenvalue weighted by molar-refractivity contribution is -0.142. The van der Waals surface area contributed by atoms with Gasteiger partial charge in [0.05, 0.1) is 11.5 Å². The Morgan fingerprint density at radius 3 is 2.50 bits per heavy atom. The van der Waals surface area contributed by atoms with Gasteiger partial charge in [-0.15, -0.1) is 0 Å². The first kappa shape index (κ1) is 16.9. The Kier molecular flexibility index (Phi) is 4.84. The Morgan fingerprint density at radius 2 is 2.00 bits per heavy atom. The predicted octanol–water partition coefficient (Wildman–Crippen LogP) is 1.95. The average molecular weight is 391 g/mol. The first-order chi connectivity index (χ1) is 10.3. The van der Waals surface area contributed by atoms with Crippen molar-refractivity contribution < 1.29 is 22.7 Å². The van der Waals surface area contributed by atoms with Crippen LogP contribution in [0.15, 0.2) is 21.5 Å². The minimum absolute atomic E-state index is 0.000959. The summed E-state index contributed by atoms with van der Waals surface area (Å²) in [6.45, 7) is 0.0483. The second kappa shape index (κ2) is 6.32. The Bertz CT molecular complexity index is 752. The second-order valence-corrected chi connectivity index (χ2v) is 7.65. The Balaban J connectivity index is 2.31. The molecule has 0 aliphatic carbocycles. The van der Waals surface area contributed by atoms with Gasteiger partial charge < -0.3 is 5.11 Å². The van der Waals surface area contributed by atoms with Gasteiger partial charge in [-0.1, -0.05) is 0 Å². The molecule has 0 spiro atoms. The summed E-state index contributed by atoms with van der Waals surface area (Å²) in [5.74, 6) is -2.53. The number of sulfonamides is 1. The molecule has 0 unspecified atom stereocenters. The number of piperidine rings is 1. The molecular weight excluding hydrogens is 379 g/mol. The summed E-state index contributed by atoms with van der Waals surface area (Å²) in [7, 11) is -4.06. The molecule has 0 amide bonds. The van der Waals surface area contributed by atoms with Gasteiger partial charge in [-0.05, 0) is 40.9 Å². The molecule has 1 aromatic rings. The van der Waals surface area contributed by atoms with Crippen LogP contribution < -0.4 is 0 Å². The number of hydrogen-bond acceptors (Lipinski definition) is 4. The summed E-state index contributed by atoms with van der Waals surface area (Å²) < 4.78 is 40.2. The van der Waals surface area contributed by atoms with E-state index in [2.05, 4.69) is 15.9 Å². The Morgan fingerprint density at radius 1 is 1.41 bits per heavy atom. The van der Waals surface area contributed by atoms with E-state index in [9.17, 15) is 17.6 Å². The molecule has 118 valence electrons. The molecule has 0 atom stereocenters. The highest BCUT2D eigenvalue weighted by atomic mass is 79.9. The van der Waals surface area contributed by atoms with Crippen LogP contribution in [0.5, 0.6) is 0 Å². The first-order valence-electron chi connectivity index (χ1n) is 6.39.